The molecule has 0 unspecified atom stereocenters. The molecule has 2 aromatic heterocycles. The topological polar surface area (TPSA) is 109 Å². The Morgan fingerprint density at radius 1 is 0.783 bits per heavy atom. The number of nitrogens with one attached hydrogen (secondary N) is 2. The van der Waals surface area contributed by atoms with Crippen molar-refractivity contribution in [3.8, 4) is 45.3 Å². The third-order valence-corrected chi connectivity index (χ3v) is 9.84. The number of methoxy groups -OCH3 is 2. The van der Waals surface area contributed by atoms with Gasteiger partial charge in [-0.1, -0.05) is 59.6 Å². The lowest BCUT2D eigenvalue weighted by molar-refractivity contribution is -0.0399. The third kappa shape index (κ3) is 6.88. The van der Waals surface area contributed by atoms with E-state index in [0.29, 0.717) is 40.4 Å². The van der Waals surface area contributed by atoms with Crippen molar-refractivity contribution in [1.29, 1.82) is 0 Å². The lowest BCUT2D eigenvalue weighted by Gasteiger charge is -2.41. The summed E-state index contributed by atoms with van der Waals surface area (Å²) < 4.78 is 11.4. The van der Waals surface area contributed by atoms with Gasteiger partial charge in [-0.2, -0.15) is 0 Å². The van der Waals surface area contributed by atoms with Gasteiger partial charge in [0.15, 0.2) is 0 Å². The van der Waals surface area contributed by atoms with Crippen molar-refractivity contribution in [3.63, 3.8) is 0 Å². The summed E-state index contributed by atoms with van der Waals surface area (Å²) in [5.41, 5.74) is 5.20. The van der Waals surface area contributed by atoms with E-state index in [1.807, 2.05) is 68.4 Å². The monoisotopic (exact) mass is 662 g/mol. The van der Waals surface area contributed by atoms with Crippen LogP contribution in [0.25, 0.3) is 33.6 Å². The fourth-order valence-electron chi connectivity index (χ4n) is 6.56. The first kappa shape index (κ1) is 32.7. The van der Waals surface area contributed by atoms with Crippen LogP contribution in [0.4, 0.5) is 0 Å². The maximum absolute atomic E-state index is 10.0. The summed E-state index contributed by atoms with van der Waals surface area (Å²) in [7, 11) is 3.26. The highest BCUT2D eigenvalue weighted by Crippen LogP contribution is 2.42. The molecule has 0 bridgehead atoms. The van der Waals surface area contributed by atoms with Crippen LogP contribution in [0.1, 0.15) is 50.7 Å². The zero-order valence-electron chi connectivity index (χ0n) is 26.5. The smallest absolute Gasteiger partial charge is 0.218 e. The number of rotatable bonds is 11. The summed E-state index contributed by atoms with van der Waals surface area (Å²) >= 11 is 14.1. The van der Waals surface area contributed by atoms with Crippen LogP contribution in [0.5, 0.6) is 11.6 Å². The fourth-order valence-corrected chi connectivity index (χ4v) is 7.21. The van der Waals surface area contributed by atoms with E-state index in [2.05, 4.69) is 15.6 Å². The molecule has 46 heavy (non-hydrogen) atoms. The molecule has 4 N–H and O–H groups in total. The summed E-state index contributed by atoms with van der Waals surface area (Å²) in [5.74, 6) is 1.26. The Labute approximate surface area is 280 Å². The lowest BCUT2D eigenvalue weighted by Crippen LogP contribution is -2.51. The quantitative estimate of drug-likeness (QED) is 0.139. The maximum Gasteiger partial charge on any atom is 0.218 e. The Morgan fingerprint density at radius 2 is 1.39 bits per heavy atom. The molecule has 8 nitrogen and oxygen atoms in total. The minimum atomic E-state index is -0.584. The molecule has 0 amide bonds. The normalized spacial score (nSPS) is 23.8. The second kappa shape index (κ2) is 13.1. The molecule has 2 aliphatic carbocycles. The van der Waals surface area contributed by atoms with Gasteiger partial charge in [-0.05, 0) is 57.7 Å². The summed E-state index contributed by atoms with van der Waals surface area (Å²) in [6, 6.07) is 18.1. The number of pyridine rings is 2. The highest BCUT2D eigenvalue weighted by Gasteiger charge is 2.38. The molecule has 4 aromatic rings. The average molecular weight is 664 g/mol. The highest BCUT2D eigenvalue weighted by molar-refractivity contribution is 6.39. The van der Waals surface area contributed by atoms with Gasteiger partial charge in [0.2, 0.25) is 5.88 Å². The molecule has 2 saturated carbocycles. The van der Waals surface area contributed by atoms with E-state index < -0.39 is 11.2 Å². The molecular formula is C36H40Cl2N4O4. The number of ether oxygens (including phenoxy) is 2. The largest absolute Gasteiger partial charge is 0.496 e. The van der Waals surface area contributed by atoms with Crippen molar-refractivity contribution >= 4 is 23.2 Å². The molecule has 2 heterocycles. The lowest BCUT2D eigenvalue weighted by atomic mass is 9.77. The van der Waals surface area contributed by atoms with Crippen LogP contribution in [0.2, 0.25) is 10.0 Å². The van der Waals surface area contributed by atoms with E-state index >= 15 is 0 Å². The van der Waals surface area contributed by atoms with Crippen LogP contribution in [0, 0.1) is 0 Å². The molecule has 0 saturated heterocycles. The van der Waals surface area contributed by atoms with Crippen molar-refractivity contribution in [2.75, 3.05) is 14.2 Å². The third-order valence-electron chi connectivity index (χ3n) is 9.05. The van der Waals surface area contributed by atoms with E-state index in [9.17, 15) is 10.2 Å². The first-order valence-corrected chi connectivity index (χ1v) is 16.3. The van der Waals surface area contributed by atoms with Gasteiger partial charge >= 0.3 is 0 Å². The Bertz CT molecular complexity index is 1600. The Morgan fingerprint density at radius 3 is 2.02 bits per heavy atom. The van der Waals surface area contributed by atoms with Crippen molar-refractivity contribution in [1.82, 2.24) is 20.6 Å². The Hall–Kier alpha value is -3.24. The molecule has 0 radical (unpaired) electrons. The van der Waals surface area contributed by atoms with E-state index in [0.717, 1.165) is 64.8 Å². The number of aliphatic hydroxyl groups is 2. The standard InChI is InChI=1S/C36H40Cl2N4O4/c1-35(43)15-24(16-35)40-19-22-9-8-21(14-30(22)45-3)33-32(38)27(12-13-39-33)26-6-5-7-28(31(26)37)29-11-10-23(34(42-29)46-4)20-41-25-17-36(2,44)18-25/h5-14,24-25,40-41,43-44H,15-20H2,1-4H3/t24-,25-,35-,36-. The predicted molar refractivity (Wildman–Crippen MR) is 182 cm³/mol. The van der Waals surface area contributed by atoms with Gasteiger partial charge in [0, 0.05) is 64.8 Å². The number of aromatic nitrogens is 2. The zero-order chi connectivity index (χ0) is 32.6. The van der Waals surface area contributed by atoms with Crippen LogP contribution in [0.3, 0.4) is 0 Å². The molecule has 2 aromatic carbocycles. The predicted octanol–water partition coefficient (Wildman–Crippen LogP) is 6.81. The van der Waals surface area contributed by atoms with Gasteiger partial charge in [0.25, 0.3) is 0 Å². The number of benzene rings is 2. The molecule has 6 rings (SSSR count). The first-order chi connectivity index (χ1) is 22.0. The summed E-state index contributed by atoms with van der Waals surface area (Å²) in [6.45, 7) is 4.95. The van der Waals surface area contributed by atoms with Gasteiger partial charge in [0.05, 0.1) is 46.9 Å². The molecule has 10 heteroatoms. The van der Waals surface area contributed by atoms with Crippen LogP contribution < -0.4 is 20.1 Å². The zero-order valence-corrected chi connectivity index (χ0v) is 28.0. The minimum Gasteiger partial charge on any atom is -0.496 e. The number of hydrogen-bond acceptors (Lipinski definition) is 8. The molecular weight excluding hydrogens is 623 g/mol. The number of hydrogen-bond donors (Lipinski definition) is 4. The second-order valence-corrected chi connectivity index (χ2v) is 13.8. The molecule has 0 atom stereocenters. The molecule has 242 valence electrons. The van der Waals surface area contributed by atoms with Crippen molar-refractivity contribution in [2.24, 2.45) is 0 Å². The maximum atomic E-state index is 10.0. The summed E-state index contributed by atoms with van der Waals surface area (Å²) in [4.78, 5) is 9.41. The van der Waals surface area contributed by atoms with Gasteiger partial charge in [-0.3, -0.25) is 4.98 Å². The van der Waals surface area contributed by atoms with Crippen molar-refractivity contribution < 1.29 is 19.7 Å². The minimum absolute atomic E-state index is 0.271. The highest BCUT2D eigenvalue weighted by atomic mass is 35.5. The number of nitrogens with zero attached hydrogens (tertiary/aromatic N) is 2. The molecule has 0 aliphatic heterocycles. The van der Waals surface area contributed by atoms with Gasteiger partial charge in [-0.25, -0.2) is 4.98 Å². The van der Waals surface area contributed by atoms with Crippen LogP contribution >= 0.6 is 23.2 Å². The second-order valence-electron chi connectivity index (χ2n) is 13.0. The first-order valence-electron chi connectivity index (χ1n) is 15.5. The summed E-state index contributed by atoms with van der Waals surface area (Å²) in [6.07, 6.45) is 4.66. The SMILES string of the molecule is COc1cc(-c2nccc(-c3cccc(-c4ccc(CN[C@H]5C[C@](C)(O)C5)c(OC)n4)c3Cl)c2Cl)ccc1CN[C@H]1C[C@](C)(O)C1. The van der Waals surface area contributed by atoms with Gasteiger partial charge < -0.3 is 30.3 Å². The van der Waals surface area contributed by atoms with Crippen LogP contribution in [0.15, 0.2) is 60.8 Å². The van der Waals surface area contributed by atoms with Gasteiger partial charge in [0.1, 0.15) is 5.75 Å². The molecule has 2 aliphatic rings. The van der Waals surface area contributed by atoms with E-state index in [-0.39, 0.29) is 12.1 Å². The van der Waals surface area contributed by atoms with Crippen molar-refractivity contribution in [3.05, 3.63) is 82.0 Å². The van der Waals surface area contributed by atoms with Crippen molar-refractivity contribution in [2.45, 2.75) is 75.9 Å². The van der Waals surface area contributed by atoms with E-state index in [1.165, 1.54) is 0 Å². The average Bonchev–Trinajstić information content (AvgIpc) is 3.01. The molecule has 0 spiro atoms. The van der Waals surface area contributed by atoms with Gasteiger partial charge in [-0.15, -0.1) is 0 Å². The Balaban J connectivity index is 1.23. The summed E-state index contributed by atoms with van der Waals surface area (Å²) in [5, 5.41) is 28.1. The van der Waals surface area contributed by atoms with Crippen LogP contribution in [-0.4, -0.2) is 57.7 Å². The van der Waals surface area contributed by atoms with Crippen LogP contribution in [-0.2, 0) is 13.1 Å². The van der Waals surface area contributed by atoms with E-state index in [4.69, 9.17) is 37.7 Å². The Kier molecular flexibility index (Phi) is 9.31. The number of halogens is 2. The molecule has 2 fully saturated rings. The fraction of sp³-hybridized carbons (Fsp3) is 0.389. The van der Waals surface area contributed by atoms with E-state index in [1.54, 1.807) is 20.4 Å².